The van der Waals surface area contributed by atoms with Gasteiger partial charge in [-0.15, -0.1) is 0 Å². The van der Waals surface area contributed by atoms with Gasteiger partial charge in [-0.25, -0.2) is 4.98 Å². The van der Waals surface area contributed by atoms with Gasteiger partial charge in [0, 0.05) is 49.7 Å². The number of nitrogens with one attached hydrogen (secondary N) is 2. The summed E-state index contributed by atoms with van der Waals surface area (Å²) in [5, 5.41) is 12.0. The number of nitrogens with two attached hydrogens (primary N) is 1. The van der Waals surface area contributed by atoms with Crippen LogP contribution in [0, 0.1) is 12.3 Å². The van der Waals surface area contributed by atoms with Crippen LogP contribution < -0.4 is 16.0 Å². The van der Waals surface area contributed by atoms with Gasteiger partial charge in [-0.2, -0.15) is 0 Å². The summed E-state index contributed by atoms with van der Waals surface area (Å²) >= 11 is 0. The zero-order valence-corrected chi connectivity index (χ0v) is 15.8. The molecule has 0 bridgehead atoms. The maximum Gasteiger partial charge on any atom is 0.129 e. The molecule has 0 atom stereocenters. The Labute approximate surface area is 164 Å². The molecule has 0 radical (unpaired) electrons. The van der Waals surface area contributed by atoms with Crippen molar-refractivity contribution < 1.29 is 0 Å². The van der Waals surface area contributed by atoms with Gasteiger partial charge in [-0.1, -0.05) is 6.07 Å². The van der Waals surface area contributed by atoms with E-state index < -0.39 is 0 Å². The molecule has 1 fully saturated rings. The molecule has 4 rings (SSSR count). The number of rotatable bonds is 4. The van der Waals surface area contributed by atoms with Crippen LogP contribution in [0.1, 0.15) is 16.8 Å². The first-order valence-corrected chi connectivity index (χ1v) is 9.31. The third-order valence-electron chi connectivity index (χ3n) is 4.81. The average molecular weight is 373 g/mol. The number of aryl methyl sites for hydroxylation is 1. The molecule has 0 aromatic carbocycles. The Bertz CT molecular complexity index is 1010. The van der Waals surface area contributed by atoms with Crippen molar-refractivity contribution in [2.24, 2.45) is 0 Å². The molecule has 0 saturated carbocycles. The van der Waals surface area contributed by atoms with Crippen LogP contribution in [0.3, 0.4) is 0 Å². The minimum absolute atomic E-state index is 0.291. The molecule has 1 saturated heterocycles. The lowest BCUT2D eigenvalue weighted by atomic mass is 10.0. The van der Waals surface area contributed by atoms with E-state index in [0.29, 0.717) is 22.7 Å². The summed E-state index contributed by atoms with van der Waals surface area (Å²) in [6.45, 7) is 5.68. The number of aromatic nitrogens is 3. The summed E-state index contributed by atoms with van der Waals surface area (Å²) in [4.78, 5) is 15.6. The number of nitrogens with zero attached hydrogens (tertiary/aromatic N) is 4. The second kappa shape index (κ2) is 7.74. The Balaban J connectivity index is 1.67. The van der Waals surface area contributed by atoms with E-state index in [1.807, 2.05) is 37.3 Å². The lowest BCUT2D eigenvalue weighted by Gasteiger charge is -2.28. The summed E-state index contributed by atoms with van der Waals surface area (Å²) in [5.41, 5.74) is 10.8. The Morgan fingerprint density at radius 2 is 1.96 bits per heavy atom. The van der Waals surface area contributed by atoms with Crippen molar-refractivity contribution in [1.82, 2.24) is 20.3 Å². The van der Waals surface area contributed by atoms with Gasteiger partial charge in [0.2, 0.25) is 0 Å². The van der Waals surface area contributed by atoms with Crippen LogP contribution in [0.15, 0.2) is 48.9 Å². The molecule has 142 valence electrons. The van der Waals surface area contributed by atoms with Crippen molar-refractivity contribution in [3.8, 4) is 11.3 Å². The van der Waals surface area contributed by atoms with E-state index in [1.54, 1.807) is 18.6 Å². The Kier molecular flexibility index (Phi) is 4.99. The highest BCUT2D eigenvalue weighted by Crippen LogP contribution is 2.24. The number of pyridine rings is 3. The Morgan fingerprint density at radius 1 is 1.14 bits per heavy atom. The van der Waals surface area contributed by atoms with Crippen molar-refractivity contribution in [2.75, 3.05) is 36.8 Å². The third kappa shape index (κ3) is 3.70. The quantitative estimate of drug-likeness (QED) is 0.606. The van der Waals surface area contributed by atoms with Gasteiger partial charge in [0.15, 0.2) is 0 Å². The van der Waals surface area contributed by atoms with Crippen LogP contribution >= 0.6 is 0 Å². The number of hydrogen-bond donors (Lipinski definition) is 3. The zero-order valence-electron chi connectivity index (χ0n) is 15.8. The molecule has 0 unspecified atom stereocenters. The maximum absolute atomic E-state index is 8.71. The van der Waals surface area contributed by atoms with Crippen molar-refractivity contribution in [3.63, 3.8) is 0 Å². The van der Waals surface area contributed by atoms with Gasteiger partial charge in [0.05, 0.1) is 29.0 Å². The lowest BCUT2D eigenvalue weighted by Crippen LogP contribution is -2.44. The summed E-state index contributed by atoms with van der Waals surface area (Å²) in [5.74, 6) is 0.888. The lowest BCUT2D eigenvalue weighted by molar-refractivity contribution is 0.585. The molecule has 0 spiro atoms. The number of anilines is 2. The first-order valence-electron chi connectivity index (χ1n) is 9.31. The van der Waals surface area contributed by atoms with Gasteiger partial charge in [0.1, 0.15) is 5.82 Å². The first-order chi connectivity index (χ1) is 13.6. The first kappa shape index (κ1) is 18.1. The van der Waals surface area contributed by atoms with E-state index in [2.05, 4.69) is 20.2 Å². The minimum atomic E-state index is 0.291. The van der Waals surface area contributed by atoms with Crippen LogP contribution in [-0.2, 0) is 0 Å². The van der Waals surface area contributed by atoms with Crippen molar-refractivity contribution in [2.45, 2.75) is 6.92 Å². The molecular formula is C21H23N7. The summed E-state index contributed by atoms with van der Waals surface area (Å²) < 4.78 is 0. The predicted molar refractivity (Wildman–Crippen MR) is 112 cm³/mol. The standard InChI is InChI=1S/C21H23N7/c1-14-9-15(12-25-11-14)19-10-16(17(22)13-26-19)21(23)18-3-2-4-20(27-18)28-7-5-24-6-8-28/h2-4,9-13,23-24H,5-8,22H2,1H3. The van der Waals surface area contributed by atoms with Crippen LogP contribution in [0.2, 0.25) is 0 Å². The third-order valence-corrected chi connectivity index (χ3v) is 4.81. The molecule has 3 aromatic heterocycles. The van der Waals surface area contributed by atoms with E-state index in [4.69, 9.17) is 16.1 Å². The highest BCUT2D eigenvalue weighted by molar-refractivity contribution is 6.13. The molecule has 1 aliphatic heterocycles. The fraction of sp³-hybridized carbons (Fsp3) is 0.238. The predicted octanol–water partition coefficient (Wildman–Crippen LogP) is 2.25. The van der Waals surface area contributed by atoms with Crippen molar-refractivity contribution >= 4 is 17.2 Å². The van der Waals surface area contributed by atoms with Gasteiger partial charge in [-0.05, 0) is 36.8 Å². The highest BCUT2D eigenvalue weighted by atomic mass is 15.2. The van der Waals surface area contributed by atoms with Crippen LogP contribution in [0.5, 0.6) is 0 Å². The normalized spacial score (nSPS) is 14.1. The molecule has 1 aliphatic rings. The van der Waals surface area contributed by atoms with Gasteiger partial charge < -0.3 is 16.0 Å². The highest BCUT2D eigenvalue weighted by Gasteiger charge is 2.16. The van der Waals surface area contributed by atoms with Crippen molar-refractivity contribution in [1.29, 1.82) is 5.41 Å². The van der Waals surface area contributed by atoms with Crippen molar-refractivity contribution in [3.05, 3.63) is 65.7 Å². The van der Waals surface area contributed by atoms with E-state index in [0.717, 1.165) is 48.8 Å². The number of nitrogen functional groups attached to an aromatic ring is 1. The van der Waals surface area contributed by atoms with Gasteiger partial charge in [0.25, 0.3) is 0 Å². The molecule has 0 amide bonds. The summed E-state index contributed by atoms with van der Waals surface area (Å²) in [6, 6.07) is 9.64. The fourth-order valence-electron chi connectivity index (χ4n) is 3.31. The number of hydrogen-bond acceptors (Lipinski definition) is 7. The van der Waals surface area contributed by atoms with Gasteiger partial charge >= 0.3 is 0 Å². The second-order valence-electron chi connectivity index (χ2n) is 6.90. The van der Waals surface area contributed by atoms with Gasteiger partial charge in [-0.3, -0.25) is 15.4 Å². The summed E-state index contributed by atoms with van der Waals surface area (Å²) in [7, 11) is 0. The van der Waals surface area contributed by atoms with E-state index >= 15 is 0 Å². The van der Waals surface area contributed by atoms with Crippen LogP contribution in [-0.4, -0.2) is 46.8 Å². The fourth-order valence-corrected chi connectivity index (χ4v) is 3.31. The van der Waals surface area contributed by atoms with E-state index in [1.165, 1.54) is 0 Å². The average Bonchev–Trinajstić information content (AvgIpc) is 2.74. The zero-order chi connectivity index (χ0) is 19.5. The van der Waals surface area contributed by atoms with E-state index in [-0.39, 0.29) is 0 Å². The molecule has 3 aromatic rings. The van der Waals surface area contributed by atoms with Crippen LogP contribution in [0.4, 0.5) is 11.5 Å². The topological polar surface area (TPSA) is 104 Å². The molecule has 7 nitrogen and oxygen atoms in total. The molecular weight excluding hydrogens is 350 g/mol. The SMILES string of the molecule is Cc1cncc(-c2cc(C(=N)c3cccc(N4CCNCC4)n3)c(N)cn2)c1. The van der Waals surface area contributed by atoms with Crippen LogP contribution in [0.25, 0.3) is 11.3 Å². The Hall–Kier alpha value is -3.32. The smallest absolute Gasteiger partial charge is 0.129 e. The maximum atomic E-state index is 8.71. The Morgan fingerprint density at radius 3 is 2.75 bits per heavy atom. The monoisotopic (exact) mass is 373 g/mol. The molecule has 4 N–H and O–H groups in total. The minimum Gasteiger partial charge on any atom is -0.397 e. The van der Waals surface area contributed by atoms with E-state index in [9.17, 15) is 0 Å². The molecule has 0 aliphatic carbocycles. The largest absolute Gasteiger partial charge is 0.397 e. The molecule has 4 heterocycles. The second-order valence-corrected chi connectivity index (χ2v) is 6.90. The number of piperazine rings is 1. The molecule has 7 heteroatoms. The molecule has 28 heavy (non-hydrogen) atoms. The summed E-state index contributed by atoms with van der Waals surface area (Å²) in [6.07, 6.45) is 5.17.